The van der Waals surface area contributed by atoms with Crippen molar-refractivity contribution in [2.45, 2.75) is 49.6 Å². The molecule has 0 radical (unpaired) electrons. The van der Waals surface area contributed by atoms with Crippen LogP contribution in [0, 0.1) is 5.92 Å². The van der Waals surface area contributed by atoms with Crippen LogP contribution in [0.15, 0.2) is 59.5 Å². The monoisotopic (exact) mass is 460 g/mol. The van der Waals surface area contributed by atoms with Crippen molar-refractivity contribution in [1.29, 1.82) is 0 Å². The lowest BCUT2D eigenvalue weighted by atomic mass is 9.90. The Kier molecular flexibility index (Phi) is 9.08. The minimum absolute atomic E-state index is 0.0169. The standard InChI is InChI=1S/C24H32N2O5S/c1-30-21-14-12-19(13-15-21)16-25-24(27)23(18-31-17-20-8-4-2-5-9-20)26-32(28,29)22-10-6-3-7-11-22/h3,6-7,10-15,20,23,26H,2,4-5,8-9,16-18H2,1H3,(H,25,27). The van der Waals surface area contributed by atoms with Crippen LogP contribution in [0.25, 0.3) is 0 Å². The minimum Gasteiger partial charge on any atom is -0.497 e. The molecule has 0 spiro atoms. The van der Waals surface area contributed by atoms with Gasteiger partial charge in [0.25, 0.3) is 0 Å². The van der Waals surface area contributed by atoms with Crippen LogP contribution in [0.1, 0.15) is 37.7 Å². The fraction of sp³-hybridized carbons (Fsp3) is 0.458. The van der Waals surface area contributed by atoms with E-state index >= 15 is 0 Å². The van der Waals surface area contributed by atoms with Gasteiger partial charge in [0.2, 0.25) is 15.9 Å². The van der Waals surface area contributed by atoms with Crippen LogP contribution in [0.2, 0.25) is 0 Å². The molecule has 1 amide bonds. The quantitative estimate of drug-likeness (QED) is 0.537. The van der Waals surface area contributed by atoms with E-state index in [0.29, 0.717) is 12.5 Å². The number of carbonyl (C=O) groups excluding carboxylic acids is 1. The van der Waals surface area contributed by atoms with Crippen molar-refractivity contribution in [3.8, 4) is 5.75 Å². The molecule has 174 valence electrons. The number of sulfonamides is 1. The molecule has 2 N–H and O–H groups in total. The number of methoxy groups -OCH3 is 1. The van der Waals surface area contributed by atoms with Gasteiger partial charge in [0.05, 0.1) is 18.6 Å². The summed E-state index contributed by atoms with van der Waals surface area (Å²) in [6.07, 6.45) is 5.87. The van der Waals surface area contributed by atoms with Crippen LogP contribution in [0.4, 0.5) is 0 Å². The summed E-state index contributed by atoms with van der Waals surface area (Å²) in [5.74, 6) is 0.770. The van der Waals surface area contributed by atoms with Gasteiger partial charge in [0.1, 0.15) is 11.8 Å². The van der Waals surface area contributed by atoms with Crippen LogP contribution in [-0.4, -0.2) is 40.7 Å². The Balaban J connectivity index is 1.63. The number of hydrogen-bond acceptors (Lipinski definition) is 5. The molecule has 3 rings (SSSR count). The second-order valence-corrected chi connectivity index (χ2v) is 9.81. The zero-order chi connectivity index (χ0) is 22.8. The molecular formula is C24H32N2O5S. The van der Waals surface area contributed by atoms with Crippen molar-refractivity contribution in [3.63, 3.8) is 0 Å². The van der Waals surface area contributed by atoms with Crippen molar-refractivity contribution >= 4 is 15.9 Å². The SMILES string of the molecule is COc1ccc(CNC(=O)C(COCC2CCCCC2)NS(=O)(=O)c2ccccc2)cc1. The van der Waals surface area contributed by atoms with E-state index in [1.165, 1.54) is 31.4 Å². The summed E-state index contributed by atoms with van der Waals surface area (Å²) in [6, 6.07) is 14.3. The molecular weight excluding hydrogens is 428 g/mol. The number of nitrogens with one attached hydrogen (secondary N) is 2. The molecule has 32 heavy (non-hydrogen) atoms. The number of benzene rings is 2. The van der Waals surface area contributed by atoms with Crippen LogP contribution < -0.4 is 14.8 Å². The minimum atomic E-state index is -3.86. The maximum atomic E-state index is 12.9. The summed E-state index contributed by atoms with van der Waals surface area (Å²) in [6.45, 7) is 0.793. The van der Waals surface area contributed by atoms with E-state index in [1.54, 1.807) is 25.3 Å². The summed E-state index contributed by atoms with van der Waals surface area (Å²) >= 11 is 0. The summed E-state index contributed by atoms with van der Waals surface area (Å²) < 4.78 is 39.1. The summed E-state index contributed by atoms with van der Waals surface area (Å²) in [7, 11) is -2.27. The highest BCUT2D eigenvalue weighted by atomic mass is 32.2. The third-order valence-electron chi connectivity index (χ3n) is 5.66. The molecule has 0 aliphatic heterocycles. The number of carbonyl (C=O) groups is 1. The van der Waals surface area contributed by atoms with Crippen molar-refractivity contribution in [2.75, 3.05) is 20.3 Å². The molecule has 0 heterocycles. The van der Waals surface area contributed by atoms with Gasteiger partial charge in [0.15, 0.2) is 0 Å². The number of amides is 1. The topological polar surface area (TPSA) is 93.7 Å². The van der Waals surface area contributed by atoms with Gasteiger partial charge in [-0.15, -0.1) is 0 Å². The first kappa shape index (κ1) is 24.2. The molecule has 8 heteroatoms. The van der Waals surface area contributed by atoms with E-state index in [9.17, 15) is 13.2 Å². The lowest BCUT2D eigenvalue weighted by molar-refractivity contribution is -0.124. The van der Waals surface area contributed by atoms with E-state index < -0.39 is 22.0 Å². The normalized spacial score (nSPS) is 15.8. The van der Waals surface area contributed by atoms with Crippen molar-refractivity contribution in [3.05, 3.63) is 60.2 Å². The van der Waals surface area contributed by atoms with Gasteiger partial charge in [-0.3, -0.25) is 4.79 Å². The van der Waals surface area contributed by atoms with Gasteiger partial charge in [-0.05, 0) is 48.6 Å². The highest BCUT2D eigenvalue weighted by Crippen LogP contribution is 2.23. The maximum absolute atomic E-state index is 12.9. The number of hydrogen-bond donors (Lipinski definition) is 2. The first-order chi connectivity index (χ1) is 15.5. The zero-order valence-corrected chi connectivity index (χ0v) is 19.3. The van der Waals surface area contributed by atoms with E-state index in [0.717, 1.165) is 24.2 Å². The van der Waals surface area contributed by atoms with Crippen molar-refractivity contribution < 1.29 is 22.7 Å². The Morgan fingerprint density at radius 2 is 1.72 bits per heavy atom. The first-order valence-electron chi connectivity index (χ1n) is 11.0. The van der Waals surface area contributed by atoms with E-state index in [2.05, 4.69) is 10.0 Å². The summed E-state index contributed by atoms with van der Waals surface area (Å²) in [5, 5.41) is 2.81. The Bertz CT molecular complexity index is 942. The molecule has 1 fully saturated rings. The highest BCUT2D eigenvalue weighted by molar-refractivity contribution is 7.89. The molecule has 0 saturated heterocycles. The maximum Gasteiger partial charge on any atom is 0.241 e. The van der Waals surface area contributed by atoms with Crippen LogP contribution in [0.3, 0.4) is 0 Å². The fourth-order valence-electron chi connectivity index (χ4n) is 3.78. The summed E-state index contributed by atoms with van der Waals surface area (Å²) in [5.41, 5.74) is 0.881. The van der Waals surface area contributed by atoms with Crippen molar-refractivity contribution in [1.82, 2.24) is 10.0 Å². The molecule has 0 aromatic heterocycles. The average Bonchev–Trinajstić information content (AvgIpc) is 2.83. The molecule has 0 bridgehead atoms. The highest BCUT2D eigenvalue weighted by Gasteiger charge is 2.26. The second-order valence-electron chi connectivity index (χ2n) is 8.09. The Morgan fingerprint density at radius 1 is 1.03 bits per heavy atom. The molecule has 7 nitrogen and oxygen atoms in total. The second kappa shape index (κ2) is 12.0. The molecule has 2 aromatic carbocycles. The van der Waals surface area contributed by atoms with Gasteiger partial charge in [-0.1, -0.05) is 49.6 Å². The molecule has 1 atom stereocenters. The van der Waals surface area contributed by atoms with Crippen LogP contribution in [-0.2, 0) is 26.1 Å². The third-order valence-corrected chi connectivity index (χ3v) is 7.14. The van der Waals surface area contributed by atoms with Crippen molar-refractivity contribution in [2.24, 2.45) is 5.92 Å². The largest absolute Gasteiger partial charge is 0.497 e. The fourth-order valence-corrected chi connectivity index (χ4v) is 4.98. The van der Waals surface area contributed by atoms with Gasteiger partial charge >= 0.3 is 0 Å². The molecule has 1 aliphatic rings. The molecule has 2 aromatic rings. The van der Waals surface area contributed by atoms with E-state index in [-0.39, 0.29) is 18.0 Å². The average molecular weight is 461 g/mol. The summed E-state index contributed by atoms with van der Waals surface area (Å²) in [4.78, 5) is 13.0. The molecule has 1 aliphatic carbocycles. The Hall–Kier alpha value is -2.42. The predicted molar refractivity (Wildman–Crippen MR) is 123 cm³/mol. The Morgan fingerprint density at radius 3 is 2.38 bits per heavy atom. The molecule has 1 unspecified atom stereocenters. The lowest BCUT2D eigenvalue weighted by Crippen LogP contribution is -2.49. The van der Waals surface area contributed by atoms with Gasteiger partial charge < -0.3 is 14.8 Å². The zero-order valence-electron chi connectivity index (χ0n) is 18.5. The van der Waals surface area contributed by atoms with Gasteiger partial charge in [-0.2, -0.15) is 4.72 Å². The van der Waals surface area contributed by atoms with Crippen LogP contribution >= 0.6 is 0 Å². The Labute approximate surface area is 190 Å². The van der Waals surface area contributed by atoms with E-state index in [4.69, 9.17) is 9.47 Å². The van der Waals surface area contributed by atoms with Crippen LogP contribution in [0.5, 0.6) is 5.75 Å². The van der Waals surface area contributed by atoms with Gasteiger partial charge in [0, 0.05) is 13.2 Å². The lowest BCUT2D eigenvalue weighted by Gasteiger charge is -2.23. The van der Waals surface area contributed by atoms with Gasteiger partial charge in [-0.25, -0.2) is 8.42 Å². The molecule has 1 saturated carbocycles. The van der Waals surface area contributed by atoms with E-state index in [1.807, 2.05) is 24.3 Å². The first-order valence-corrected chi connectivity index (χ1v) is 12.5. The third kappa shape index (κ3) is 7.32. The predicted octanol–water partition coefficient (Wildman–Crippen LogP) is 3.26. The smallest absolute Gasteiger partial charge is 0.241 e. The number of ether oxygens (including phenoxy) is 2. The number of rotatable bonds is 11.